The van der Waals surface area contributed by atoms with Crippen LogP contribution < -0.4 is 10.1 Å². The van der Waals surface area contributed by atoms with Gasteiger partial charge in [0.25, 0.3) is 5.91 Å². The van der Waals surface area contributed by atoms with Crippen LogP contribution >= 0.6 is 0 Å². The molecule has 0 bridgehead atoms. The molecule has 1 amide bonds. The second-order valence-electron chi connectivity index (χ2n) is 5.15. The summed E-state index contributed by atoms with van der Waals surface area (Å²) in [5.41, 5.74) is 3.62. The zero-order chi connectivity index (χ0) is 15.2. The number of rotatable bonds is 5. The Labute approximate surface area is 126 Å². The molecule has 0 radical (unpaired) electrons. The number of ether oxygens (including phenoxy) is 1. The van der Waals surface area contributed by atoms with Crippen LogP contribution in [0.4, 0.5) is 5.69 Å². The van der Waals surface area contributed by atoms with Crippen molar-refractivity contribution in [2.75, 3.05) is 11.9 Å². The highest BCUT2D eigenvalue weighted by Crippen LogP contribution is 2.19. The normalized spacial score (nSPS) is 10.2. The second kappa shape index (κ2) is 6.93. The van der Waals surface area contributed by atoms with Crippen LogP contribution in [0.3, 0.4) is 0 Å². The van der Waals surface area contributed by atoms with Crippen molar-refractivity contribution in [3.63, 3.8) is 0 Å². The molecule has 0 atom stereocenters. The van der Waals surface area contributed by atoms with Gasteiger partial charge in [-0.3, -0.25) is 4.79 Å². The van der Waals surface area contributed by atoms with E-state index < -0.39 is 0 Å². The first-order valence-corrected chi connectivity index (χ1v) is 7.21. The van der Waals surface area contributed by atoms with Crippen molar-refractivity contribution in [2.24, 2.45) is 0 Å². The Hall–Kier alpha value is -2.29. The number of hydrogen-bond donors (Lipinski definition) is 1. The number of nitrogens with one attached hydrogen (secondary N) is 1. The molecule has 0 unspecified atom stereocenters. The maximum atomic E-state index is 12.3. The van der Waals surface area contributed by atoms with Crippen LogP contribution in [0.25, 0.3) is 0 Å². The summed E-state index contributed by atoms with van der Waals surface area (Å²) in [6, 6.07) is 13.3. The van der Waals surface area contributed by atoms with Crippen molar-refractivity contribution in [1.29, 1.82) is 0 Å². The van der Waals surface area contributed by atoms with Gasteiger partial charge >= 0.3 is 0 Å². The molecule has 2 aromatic rings. The molecule has 2 aromatic carbocycles. The highest BCUT2D eigenvalue weighted by Gasteiger charge is 2.09. The molecular formula is C18H21NO2. The number of carbonyl (C=O) groups excluding carboxylic acids is 1. The molecule has 0 aromatic heterocycles. The Bertz CT molecular complexity index is 635. The fourth-order valence-electron chi connectivity index (χ4n) is 2.01. The van der Waals surface area contributed by atoms with Crippen LogP contribution in [0.1, 0.15) is 34.8 Å². The van der Waals surface area contributed by atoms with Gasteiger partial charge in [0.05, 0.1) is 6.61 Å². The van der Waals surface area contributed by atoms with Crippen LogP contribution in [0.5, 0.6) is 5.75 Å². The van der Waals surface area contributed by atoms with Crippen molar-refractivity contribution in [1.82, 2.24) is 0 Å². The third-order valence-corrected chi connectivity index (χ3v) is 3.21. The van der Waals surface area contributed by atoms with E-state index in [0.717, 1.165) is 29.0 Å². The highest BCUT2D eigenvalue weighted by molar-refractivity contribution is 6.04. The second-order valence-corrected chi connectivity index (χ2v) is 5.15. The van der Waals surface area contributed by atoms with Gasteiger partial charge in [-0.15, -0.1) is 0 Å². The van der Waals surface area contributed by atoms with E-state index in [-0.39, 0.29) is 5.91 Å². The molecule has 3 nitrogen and oxygen atoms in total. The summed E-state index contributed by atoms with van der Waals surface area (Å²) in [5, 5.41) is 2.96. The highest BCUT2D eigenvalue weighted by atomic mass is 16.5. The maximum Gasteiger partial charge on any atom is 0.255 e. The van der Waals surface area contributed by atoms with Crippen molar-refractivity contribution in [3.05, 3.63) is 59.2 Å². The van der Waals surface area contributed by atoms with Gasteiger partial charge in [0.1, 0.15) is 5.75 Å². The van der Waals surface area contributed by atoms with Gasteiger partial charge in [-0.1, -0.05) is 25.1 Å². The number of hydrogen-bond acceptors (Lipinski definition) is 2. The molecule has 0 saturated heterocycles. The third-order valence-electron chi connectivity index (χ3n) is 3.21. The van der Waals surface area contributed by atoms with Crippen molar-refractivity contribution in [2.45, 2.75) is 27.2 Å². The van der Waals surface area contributed by atoms with E-state index in [1.165, 1.54) is 0 Å². The minimum Gasteiger partial charge on any atom is -0.494 e. The van der Waals surface area contributed by atoms with Crippen LogP contribution in [0.2, 0.25) is 0 Å². The minimum atomic E-state index is -0.120. The van der Waals surface area contributed by atoms with Crippen LogP contribution in [-0.4, -0.2) is 12.5 Å². The fourth-order valence-corrected chi connectivity index (χ4v) is 2.01. The summed E-state index contributed by atoms with van der Waals surface area (Å²) in [6.07, 6.45) is 0.943. The van der Waals surface area contributed by atoms with Crippen molar-refractivity contribution in [3.8, 4) is 5.75 Å². The molecule has 0 saturated carbocycles. The molecule has 110 valence electrons. The first kappa shape index (κ1) is 15.1. The largest absolute Gasteiger partial charge is 0.494 e. The van der Waals surface area contributed by atoms with E-state index in [0.29, 0.717) is 12.2 Å². The summed E-state index contributed by atoms with van der Waals surface area (Å²) in [6.45, 7) is 6.70. The smallest absolute Gasteiger partial charge is 0.255 e. The SMILES string of the molecule is CCCOc1cccc(C(=O)Nc2cc(C)ccc2C)c1. The average molecular weight is 283 g/mol. The quantitative estimate of drug-likeness (QED) is 0.886. The zero-order valence-corrected chi connectivity index (χ0v) is 12.8. The molecule has 2 rings (SSSR count). The molecule has 3 heteroatoms. The van der Waals surface area contributed by atoms with Crippen LogP contribution in [0.15, 0.2) is 42.5 Å². The standard InChI is InChI=1S/C18H21NO2/c1-4-10-21-16-7-5-6-15(12-16)18(20)19-17-11-13(2)8-9-14(17)3/h5-9,11-12H,4,10H2,1-3H3,(H,19,20). The van der Waals surface area contributed by atoms with E-state index in [1.54, 1.807) is 12.1 Å². The van der Waals surface area contributed by atoms with E-state index >= 15 is 0 Å². The lowest BCUT2D eigenvalue weighted by Crippen LogP contribution is -2.13. The van der Waals surface area contributed by atoms with Crippen molar-refractivity contribution >= 4 is 11.6 Å². The molecule has 0 spiro atoms. The number of carbonyl (C=O) groups is 1. The lowest BCUT2D eigenvalue weighted by atomic mass is 10.1. The van der Waals surface area contributed by atoms with Gasteiger partial charge in [0.15, 0.2) is 0 Å². The Kier molecular flexibility index (Phi) is 4.99. The maximum absolute atomic E-state index is 12.3. The summed E-state index contributed by atoms with van der Waals surface area (Å²) in [7, 11) is 0. The molecule has 0 fully saturated rings. The fraction of sp³-hybridized carbons (Fsp3) is 0.278. The van der Waals surface area contributed by atoms with Crippen LogP contribution in [0, 0.1) is 13.8 Å². The minimum absolute atomic E-state index is 0.120. The monoisotopic (exact) mass is 283 g/mol. The van der Waals surface area contributed by atoms with E-state index in [2.05, 4.69) is 12.2 Å². The van der Waals surface area contributed by atoms with Gasteiger partial charge in [0.2, 0.25) is 0 Å². The van der Waals surface area contributed by atoms with Crippen LogP contribution in [-0.2, 0) is 0 Å². The Balaban J connectivity index is 2.14. The number of aryl methyl sites for hydroxylation is 2. The molecule has 21 heavy (non-hydrogen) atoms. The number of anilines is 1. The summed E-state index contributed by atoms with van der Waals surface area (Å²) >= 11 is 0. The van der Waals surface area contributed by atoms with E-state index in [4.69, 9.17) is 4.74 Å². The first-order chi connectivity index (χ1) is 10.1. The molecule has 0 aliphatic heterocycles. The molecule has 0 heterocycles. The summed E-state index contributed by atoms with van der Waals surface area (Å²) in [5.74, 6) is 0.608. The average Bonchev–Trinajstić information content (AvgIpc) is 2.49. The predicted octanol–water partition coefficient (Wildman–Crippen LogP) is 4.34. The number of amides is 1. The van der Waals surface area contributed by atoms with E-state index in [1.807, 2.05) is 44.2 Å². The first-order valence-electron chi connectivity index (χ1n) is 7.21. The summed E-state index contributed by atoms with van der Waals surface area (Å²) < 4.78 is 5.56. The van der Waals surface area contributed by atoms with Gasteiger partial charge < -0.3 is 10.1 Å². The lowest BCUT2D eigenvalue weighted by molar-refractivity contribution is 0.102. The van der Waals surface area contributed by atoms with E-state index in [9.17, 15) is 4.79 Å². The Morgan fingerprint density at radius 1 is 1.14 bits per heavy atom. The molecule has 0 aliphatic carbocycles. The Morgan fingerprint density at radius 3 is 2.71 bits per heavy atom. The topological polar surface area (TPSA) is 38.3 Å². The van der Waals surface area contributed by atoms with Gasteiger partial charge in [-0.25, -0.2) is 0 Å². The third kappa shape index (κ3) is 4.09. The molecule has 0 aliphatic rings. The van der Waals surface area contributed by atoms with Gasteiger partial charge in [-0.05, 0) is 55.7 Å². The summed E-state index contributed by atoms with van der Waals surface area (Å²) in [4.78, 5) is 12.3. The van der Waals surface area contributed by atoms with Gasteiger partial charge in [0, 0.05) is 11.3 Å². The lowest BCUT2D eigenvalue weighted by Gasteiger charge is -2.10. The van der Waals surface area contributed by atoms with Gasteiger partial charge in [-0.2, -0.15) is 0 Å². The zero-order valence-electron chi connectivity index (χ0n) is 12.8. The molecule has 1 N–H and O–H groups in total. The Morgan fingerprint density at radius 2 is 1.95 bits per heavy atom. The predicted molar refractivity (Wildman–Crippen MR) is 86.1 cm³/mol. The number of benzene rings is 2. The molecular weight excluding hydrogens is 262 g/mol. The van der Waals surface area contributed by atoms with Crippen molar-refractivity contribution < 1.29 is 9.53 Å².